The van der Waals surface area contributed by atoms with E-state index in [1.165, 1.54) is 5.56 Å². The van der Waals surface area contributed by atoms with Crippen molar-refractivity contribution in [3.63, 3.8) is 0 Å². The second-order valence-electron chi connectivity index (χ2n) is 8.45. The zero-order chi connectivity index (χ0) is 18.9. The predicted molar refractivity (Wildman–Crippen MR) is 106 cm³/mol. The van der Waals surface area contributed by atoms with Gasteiger partial charge in [0.25, 0.3) is 0 Å². The molecular weight excluding hydrogens is 340 g/mol. The number of fused-ring (bicyclic) bond motifs is 1. The average Bonchev–Trinajstić information content (AvgIpc) is 2.93. The van der Waals surface area contributed by atoms with E-state index in [1.807, 2.05) is 7.05 Å². The third-order valence-corrected chi connectivity index (χ3v) is 6.61. The van der Waals surface area contributed by atoms with Gasteiger partial charge >= 0.3 is 6.03 Å². The Morgan fingerprint density at radius 1 is 1.22 bits per heavy atom. The highest BCUT2D eigenvalue weighted by molar-refractivity contribution is 5.74. The van der Waals surface area contributed by atoms with Gasteiger partial charge in [-0.3, -0.25) is 0 Å². The topological polar surface area (TPSA) is 48.1 Å². The molecule has 0 saturated carbocycles. The average molecular weight is 373 g/mol. The Labute approximate surface area is 162 Å². The van der Waals surface area contributed by atoms with E-state index in [9.17, 15) is 4.79 Å². The maximum Gasteiger partial charge on any atom is 0.317 e. The van der Waals surface area contributed by atoms with Crippen LogP contribution in [0.2, 0.25) is 0 Å². The van der Waals surface area contributed by atoms with Crippen LogP contribution in [-0.4, -0.2) is 93.4 Å². The summed E-state index contributed by atoms with van der Waals surface area (Å²) in [5.41, 5.74) is 1.33. The van der Waals surface area contributed by atoms with Gasteiger partial charge in [-0.2, -0.15) is 0 Å². The quantitative estimate of drug-likeness (QED) is 0.763. The molecule has 4 aliphatic rings. The second-order valence-corrected chi connectivity index (χ2v) is 8.45. The van der Waals surface area contributed by atoms with E-state index >= 15 is 0 Å². The fourth-order valence-corrected chi connectivity index (χ4v) is 5.36. The minimum Gasteiger partial charge on any atom is -0.385 e. The SMILES string of the molecule is COCCCN(C)C(=O)NC1C2CN3CCN(C2)CC1(c1ccccc1)C3. The lowest BCUT2D eigenvalue weighted by Gasteiger charge is -2.56. The lowest BCUT2D eigenvalue weighted by molar-refractivity contribution is 0.0210. The first-order valence-corrected chi connectivity index (χ1v) is 10.1. The van der Waals surface area contributed by atoms with E-state index in [1.54, 1.807) is 12.0 Å². The monoisotopic (exact) mass is 372 g/mol. The molecule has 4 fully saturated rings. The summed E-state index contributed by atoms with van der Waals surface area (Å²) in [5.74, 6) is 0.478. The zero-order valence-corrected chi connectivity index (χ0v) is 16.6. The van der Waals surface area contributed by atoms with Crippen LogP contribution in [-0.2, 0) is 10.2 Å². The van der Waals surface area contributed by atoms with Crippen molar-refractivity contribution in [1.82, 2.24) is 20.0 Å². The van der Waals surface area contributed by atoms with Crippen LogP contribution in [0.4, 0.5) is 4.79 Å². The maximum atomic E-state index is 12.9. The number of hydrogen-bond acceptors (Lipinski definition) is 4. The maximum absolute atomic E-state index is 12.9. The highest BCUT2D eigenvalue weighted by atomic mass is 16.5. The highest BCUT2D eigenvalue weighted by Gasteiger charge is 2.55. The van der Waals surface area contributed by atoms with Gasteiger partial charge in [-0.15, -0.1) is 0 Å². The summed E-state index contributed by atoms with van der Waals surface area (Å²) in [7, 11) is 3.58. The van der Waals surface area contributed by atoms with E-state index in [0.29, 0.717) is 19.1 Å². The van der Waals surface area contributed by atoms with Crippen molar-refractivity contribution in [2.75, 3.05) is 66.6 Å². The lowest BCUT2D eigenvalue weighted by Crippen LogP contribution is -2.71. The van der Waals surface area contributed by atoms with Gasteiger partial charge in [-0.1, -0.05) is 30.3 Å². The molecule has 6 nitrogen and oxygen atoms in total. The van der Waals surface area contributed by atoms with Crippen molar-refractivity contribution in [2.24, 2.45) is 5.92 Å². The third-order valence-electron chi connectivity index (χ3n) is 6.61. The van der Waals surface area contributed by atoms with Crippen LogP contribution in [0.15, 0.2) is 30.3 Å². The smallest absolute Gasteiger partial charge is 0.317 e. The van der Waals surface area contributed by atoms with E-state index in [4.69, 9.17) is 4.74 Å². The third kappa shape index (κ3) is 3.58. The number of carbonyl (C=O) groups excluding carboxylic acids is 1. The number of hydrogen-bond donors (Lipinski definition) is 1. The van der Waals surface area contributed by atoms with Gasteiger partial charge in [0, 0.05) is 84.0 Å². The number of nitrogens with zero attached hydrogens (tertiary/aromatic N) is 3. The number of carbonyl (C=O) groups is 1. The van der Waals surface area contributed by atoms with Crippen molar-refractivity contribution >= 4 is 6.03 Å². The zero-order valence-electron chi connectivity index (χ0n) is 16.6. The molecule has 4 heterocycles. The Bertz CT molecular complexity index is 637. The molecule has 4 bridgehead atoms. The molecule has 1 aromatic rings. The van der Waals surface area contributed by atoms with Crippen molar-refractivity contribution in [1.29, 1.82) is 0 Å². The van der Waals surface area contributed by atoms with Gasteiger partial charge in [0.15, 0.2) is 0 Å². The van der Waals surface area contributed by atoms with Crippen molar-refractivity contribution in [2.45, 2.75) is 17.9 Å². The van der Waals surface area contributed by atoms with E-state index in [-0.39, 0.29) is 17.5 Å². The Balaban J connectivity index is 1.58. The highest BCUT2D eigenvalue weighted by Crippen LogP contribution is 2.43. The molecule has 4 aliphatic heterocycles. The Morgan fingerprint density at radius 3 is 2.52 bits per heavy atom. The Kier molecular flexibility index (Phi) is 5.39. The van der Waals surface area contributed by atoms with Crippen molar-refractivity contribution in [3.05, 3.63) is 35.9 Å². The molecule has 1 aromatic carbocycles. The standard InChI is InChI=1S/C21H32N4O2/c1-23(9-6-12-27-2)20(26)22-19-17-13-24-10-11-25(14-17)16-21(19,15-24)18-7-4-3-5-8-18/h3-5,7-8,17,19H,6,9-16H2,1-2H3,(H,22,26). The molecule has 0 radical (unpaired) electrons. The number of nitrogens with one attached hydrogen (secondary N) is 1. The van der Waals surface area contributed by atoms with E-state index in [0.717, 1.165) is 45.7 Å². The van der Waals surface area contributed by atoms with Crippen molar-refractivity contribution in [3.8, 4) is 0 Å². The van der Waals surface area contributed by atoms with Crippen LogP contribution in [0, 0.1) is 5.92 Å². The molecule has 0 aliphatic carbocycles. The molecule has 0 spiro atoms. The summed E-state index contributed by atoms with van der Waals surface area (Å²) >= 11 is 0. The molecule has 2 amide bonds. The van der Waals surface area contributed by atoms with Crippen molar-refractivity contribution < 1.29 is 9.53 Å². The molecule has 0 aromatic heterocycles. The summed E-state index contributed by atoms with van der Waals surface area (Å²) in [4.78, 5) is 20.0. The summed E-state index contributed by atoms with van der Waals surface area (Å²) in [6.07, 6.45) is 0.861. The largest absolute Gasteiger partial charge is 0.385 e. The van der Waals surface area contributed by atoms with Gasteiger partial charge in [0.05, 0.1) is 0 Å². The van der Waals surface area contributed by atoms with Crippen LogP contribution in [0.5, 0.6) is 0 Å². The van der Waals surface area contributed by atoms with Gasteiger partial charge in [-0.05, 0) is 12.0 Å². The minimum absolute atomic E-state index is 0.0258. The van der Waals surface area contributed by atoms with Crippen LogP contribution >= 0.6 is 0 Å². The lowest BCUT2D eigenvalue weighted by atomic mass is 9.64. The number of methoxy groups -OCH3 is 1. The molecule has 6 heteroatoms. The van der Waals surface area contributed by atoms with E-state index in [2.05, 4.69) is 45.4 Å². The number of amides is 2. The molecule has 3 unspecified atom stereocenters. The first-order chi connectivity index (χ1) is 13.1. The summed E-state index contributed by atoms with van der Waals surface area (Å²) < 4.78 is 5.12. The Hall–Kier alpha value is -1.63. The molecular formula is C21H32N4O2. The number of ether oxygens (including phenoxy) is 1. The van der Waals surface area contributed by atoms with Gasteiger partial charge < -0.3 is 24.8 Å². The molecule has 27 heavy (non-hydrogen) atoms. The Morgan fingerprint density at radius 2 is 1.89 bits per heavy atom. The molecule has 5 rings (SSSR count). The minimum atomic E-state index is -0.0258. The summed E-state index contributed by atoms with van der Waals surface area (Å²) in [6.45, 7) is 7.91. The fourth-order valence-electron chi connectivity index (χ4n) is 5.36. The number of rotatable bonds is 6. The van der Waals surface area contributed by atoms with Gasteiger partial charge in [0.2, 0.25) is 0 Å². The molecule has 148 valence electrons. The molecule has 4 saturated heterocycles. The summed E-state index contributed by atoms with van der Waals surface area (Å²) in [5, 5.41) is 3.45. The molecule has 1 N–H and O–H groups in total. The number of urea groups is 1. The first kappa shape index (κ1) is 18.7. The number of benzene rings is 1. The second kappa shape index (κ2) is 7.78. The normalized spacial score (nSPS) is 34.3. The molecule has 3 atom stereocenters. The fraction of sp³-hybridized carbons (Fsp3) is 0.667. The van der Waals surface area contributed by atoms with E-state index < -0.39 is 0 Å². The van der Waals surface area contributed by atoms with Crippen LogP contribution in [0.1, 0.15) is 12.0 Å². The van der Waals surface area contributed by atoms with Gasteiger partial charge in [0.1, 0.15) is 0 Å². The number of piperidine rings is 2. The van der Waals surface area contributed by atoms with Crippen LogP contribution in [0.3, 0.4) is 0 Å². The summed E-state index contributed by atoms with van der Waals surface area (Å²) in [6, 6.07) is 11.1. The van der Waals surface area contributed by atoms with Gasteiger partial charge in [-0.25, -0.2) is 4.79 Å². The predicted octanol–water partition coefficient (Wildman–Crippen LogP) is 1.23. The first-order valence-electron chi connectivity index (χ1n) is 10.1. The van der Waals surface area contributed by atoms with Crippen LogP contribution < -0.4 is 5.32 Å². The van der Waals surface area contributed by atoms with Crippen LogP contribution in [0.25, 0.3) is 0 Å².